The first-order valence-electron chi connectivity index (χ1n) is 17.4. The van der Waals surface area contributed by atoms with Crippen molar-refractivity contribution in [3.63, 3.8) is 0 Å². The molecule has 51 heavy (non-hydrogen) atoms. The minimum Gasteiger partial charge on any atom is -0.309 e. The normalized spacial score (nSPS) is 11.9. The van der Waals surface area contributed by atoms with E-state index in [0.29, 0.717) is 0 Å². The molecule has 0 unspecified atom stereocenters. The van der Waals surface area contributed by atoms with Gasteiger partial charge < -0.3 is 9.13 Å². The second-order valence-corrected chi connectivity index (χ2v) is 14.4. The van der Waals surface area contributed by atoms with Crippen molar-refractivity contribution >= 4 is 75.1 Å². The van der Waals surface area contributed by atoms with Crippen LogP contribution < -0.4 is 0 Å². The van der Waals surface area contributed by atoms with E-state index in [0.717, 1.165) is 5.69 Å². The van der Waals surface area contributed by atoms with E-state index in [1.54, 1.807) is 0 Å². The fourth-order valence-electron chi connectivity index (χ4n) is 8.18. The van der Waals surface area contributed by atoms with Crippen LogP contribution >= 0.6 is 11.3 Å². The zero-order valence-corrected chi connectivity index (χ0v) is 28.4. The predicted molar refractivity (Wildman–Crippen MR) is 219 cm³/mol. The van der Waals surface area contributed by atoms with E-state index in [4.69, 9.17) is 0 Å². The molecule has 0 atom stereocenters. The van der Waals surface area contributed by atoms with Gasteiger partial charge in [-0.1, -0.05) is 127 Å². The Morgan fingerprint density at radius 3 is 1.49 bits per heavy atom. The monoisotopic (exact) mass is 666 g/mol. The highest BCUT2D eigenvalue weighted by Crippen LogP contribution is 2.42. The topological polar surface area (TPSA) is 9.86 Å². The van der Waals surface area contributed by atoms with Gasteiger partial charge in [-0.05, 0) is 76.9 Å². The summed E-state index contributed by atoms with van der Waals surface area (Å²) in [7, 11) is 0. The van der Waals surface area contributed by atoms with Crippen LogP contribution in [0.1, 0.15) is 0 Å². The van der Waals surface area contributed by atoms with E-state index in [9.17, 15) is 0 Å². The zero-order chi connectivity index (χ0) is 33.5. The maximum absolute atomic E-state index is 2.43. The highest BCUT2D eigenvalue weighted by Gasteiger charge is 2.18. The Morgan fingerprint density at radius 1 is 0.314 bits per heavy atom. The second-order valence-electron chi connectivity index (χ2n) is 13.3. The standard InChI is InChI=1S/C48H30N2S/c1-2-11-34(12-3-1)49-43-18-7-4-13-37(43)41-29-42-38-14-5-8-19-44(38)50(46(42)30-45(41)49)35-27-25-32(26-28-35)31-21-23-33(24-22-31)36-16-10-17-40-39-15-6-9-20-47(39)51-48(36)40/h1-30H. The summed E-state index contributed by atoms with van der Waals surface area (Å²) in [5.41, 5.74) is 12.1. The van der Waals surface area contributed by atoms with E-state index in [-0.39, 0.29) is 0 Å². The lowest BCUT2D eigenvalue weighted by molar-refractivity contribution is 1.16. The Labute approximate surface area is 298 Å². The van der Waals surface area contributed by atoms with Gasteiger partial charge in [-0.15, -0.1) is 11.3 Å². The summed E-state index contributed by atoms with van der Waals surface area (Å²) in [6.45, 7) is 0. The van der Waals surface area contributed by atoms with Crippen LogP contribution in [0, 0.1) is 0 Å². The van der Waals surface area contributed by atoms with Gasteiger partial charge >= 0.3 is 0 Å². The van der Waals surface area contributed by atoms with Gasteiger partial charge in [0, 0.05) is 53.1 Å². The molecule has 3 aromatic heterocycles. The average molecular weight is 667 g/mol. The molecular formula is C48H30N2S. The van der Waals surface area contributed by atoms with E-state index < -0.39 is 0 Å². The van der Waals surface area contributed by atoms with E-state index in [2.05, 4.69) is 191 Å². The van der Waals surface area contributed by atoms with Gasteiger partial charge in [0.05, 0.1) is 22.1 Å². The second kappa shape index (κ2) is 11.0. The number of hydrogen-bond donors (Lipinski definition) is 0. The Kier molecular flexibility index (Phi) is 6.16. The molecule has 0 N–H and O–H groups in total. The Balaban J connectivity index is 1.03. The highest BCUT2D eigenvalue weighted by molar-refractivity contribution is 7.26. The van der Waals surface area contributed by atoms with Crippen LogP contribution in [0.25, 0.3) is 97.4 Å². The van der Waals surface area contributed by atoms with Crippen LogP contribution in [0.2, 0.25) is 0 Å². The summed E-state index contributed by atoms with van der Waals surface area (Å²) in [5, 5.41) is 7.74. The van der Waals surface area contributed by atoms with E-state index in [1.807, 2.05) is 11.3 Å². The van der Waals surface area contributed by atoms with Crippen molar-refractivity contribution in [3.8, 4) is 33.6 Å². The number of hydrogen-bond acceptors (Lipinski definition) is 1. The quantitative estimate of drug-likeness (QED) is 0.177. The van der Waals surface area contributed by atoms with Gasteiger partial charge in [-0.3, -0.25) is 0 Å². The molecule has 3 heterocycles. The fourth-order valence-corrected chi connectivity index (χ4v) is 9.42. The summed E-state index contributed by atoms with van der Waals surface area (Å²) in [6, 6.07) is 66.6. The number of aromatic nitrogens is 2. The van der Waals surface area contributed by atoms with E-state index >= 15 is 0 Å². The lowest BCUT2D eigenvalue weighted by Gasteiger charge is -2.11. The Morgan fingerprint density at radius 2 is 0.824 bits per heavy atom. The maximum Gasteiger partial charge on any atom is 0.0562 e. The summed E-state index contributed by atoms with van der Waals surface area (Å²) in [4.78, 5) is 0. The molecule has 0 amide bonds. The third kappa shape index (κ3) is 4.29. The first-order chi connectivity index (χ1) is 25.3. The summed E-state index contributed by atoms with van der Waals surface area (Å²) in [5.74, 6) is 0. The molecule has 0 radical (unpaired) electrons. The number of fused-ring (bicyclic) bond motifs is 9. The molecule has 11 aromatic rings. The largest absolute Gasteiger partial charge is 0.309 e. The molecule has 0 bridgehead atoms. The summed E-state index contributed by atoms with van der Waals surface area (Å²) in [6.07, 6.45) is 0. The molecule has 11 rings (SSSR count). The first-order valence-corrected chi connectivity index (χ1v) is 18.3. The average Bonchev–Trinajstić information content (AvgIpc) is 3.85. The van der Waals surface area contributed by atoms with Gasteiger partial charge in [-0.2, -0.15) is 0 Å². The van der Waals surface area contributed by atoms with Gasteiger partial charge in [-0.25, -0.2) is 0 Å². The maximum atomic E-state index is 2.43. The minimum absolute atomic E-state index is 1.15. The van der Waals surface area contributed by atoms with Crippen LogP contribution in [0.15, 0.2) is 182 Å². The molecule has 0 spiro atoms. The van der Waals surface area contributed by atoms with Gasteiger partial charge in [0.2, 0.25) is 0 Å². The predicted octanol–water partition coefficient (Wildman–Crippen LogP) is 13.6. The van der Waals surface area contributed by atoms with Crippen molar-refractivity contribution < 1.29 is 0 Å². The van der Waals surface area contributed by atoms with Crippen molar-refractivity contribution in [2.45, 2.75) is 0 Å². The lowest BCUT2D eigenvalue weighted by Crippen LogP contribution is -1.95. The summed E-state index contributed by atoms with van der Waals surface area (Å²) < 4.78 is 7.52. The van der Waals surface area contributed by atoms with Gasteiger partial charge in [0.15, 0.2) is 0 Å². The highest BCUT2D eigenvalue weighted by atomic mass is 32.1. The third-order valence-electron chi connectivity index (χ3n) is 10.5. The van der Waals surface area contributed by atoms with Gasteiger partial charge in [0.1, 0.15) is 0 Å². The van der Waals surface area contributed by atoms with Crippen LogP contribution in [-0.2, 0) is 0 Å². The Hall–Kier alpha value is -6.42. The van der Waals surface area contributed by atoms with Crippen molar-refractivity contribution in [1.82, 2.24) is 9.13 Å². The molecule has 0 fully saturated rings. The van der Waals surface area contributed by atoms with Crippen molar-refractivity contribution in [2.24, 2.45) is 0 Å². The molecular weight excluding hydrogens is 637 g/mol. The number of thiophene rings is 1. The number of nitrogens with zero attached hydrogens (tertiary/aromatic N) is 2. The van der Waals surface area contributed by atoms with Crippen molar-refractivity contribution in [3.05, 3.63) is 182 Å². The molecule has 238 valence electrons. The SMILES string of the molecule is c1ccc(-n2c3ccccc3c3cc4c5ccccc5n(-c5ccc(-c6ccc(-c7cccc8c7sc7ccccc78)cc6)cc5)c4cc32)cc1. The molecule has 8 aromatic carbocycles. The van der Waals surface area contributed by atoms with Crippen molar-refractivity contribution in [2.75, 3.05) is 0 Å². The van der Waals surface area contributed by atoms with Crippen molar-refractivity contribution in [1.29, 1.82) is 0 Å². The van der Waals surface area contributed by atoms with E-state index in [1.165, 1.54) is 91.7 Å². The fraction of sp³-hybridized carbons (Fsp3) is 0. The third-order valence-corrected chi connectivity index (χ3v) is 11.8. The molecule has 3 heteroatoms. The smallest absolute Gasteiger partial charge is 0.0562 e. The van der Waals surface area contributed by atoms with Crippen LogP contribution in [0.5, 0.6) is 0 Å². The molecule has 2 nitrogen and oxygen atoms in total. The molecule has 0 saturated heterocycles. The molecule has 0 saturated carbocycles. The first kappa shape index (κ1) is 28.4. The molecule has 0 aliphatic rings. The van der Waals surface area contributed by atoms with Crippen LogP contribution in [0.4, 0.5) is 0 Å². The molecule has 0 aliphatic heterocycles. The number of benzene rings is 8. The van der Waals surface area contributed by atoms with Crippen LogP contribution in [0.3, 0.4) is 0 Å². The van der Waals surface area contributed by atoms with Crippen LogP contribution in [-0.4, -0.2) is 9.13 Å². The Bertz CT molecular complexity index is 3100. The number of para-hydroxylation sites is 3. The molecule has 0 aliphatic carbocycles. The number of rotatable bonds is 4. The zero-order valence-electron chi connectivity index (χ0n) is 27.6. The van der Waals surface area contributed by atoms with Gasteiger partial charge in [0.25, 0.3) is 0 Å². The summed E-state index contributed by atoms with van der Waals surface area (Å²) >= 11 is 1.88. The lowest BCUT2D eigenvalue weighted by atomic mass is 9.99. The minimum atomic E-state index is 1.15.